The monoisotopic (exact) mass is 316 g/mol. The third-order valence-electron chi connectivity index (χ3n) is 4.09. The number of rotatable bonds is 4. The summed E-state index contributed by atoms with van der Waals surface area (Å²) < 4.78 is 27.4. The first-order chi connectivity index (χ1) is 10.4. The molecule has 0 bridgehead atoms. The van der Waals surface area contributed by atoms with E-state index in [1.165, 1.54) is 5.56 Å². The van der Waals surface area contributed by atoms with Crippen molar-refractivity contribution in [3.8, 4) is 0 Å². The molecule has 22 heavy (non-hydrogen) atoms. The van der Waals surface area contributed by atoms with Gasteiger partial charge >= 0.3 is 0 Å². The summed E-state index contributed by atoms with van der Waals surface area (Å²) >= 11 is 0. The minimum absolute atomic E-state index is 0.00734. The number of aryl methyl sites for hydroxylation is 1. The second-order valence-electron chi connectivity index (χ2n) is 5.80. The van der Waals surface area contributed by atoms with Crippen LogP contribution in [0.15, 0.2) is 42.5 Å². The van der Waals surface area contributed by atoms with E-state index in [-0.39, 0.29) is 5.75 Å². The second kappa shape index (κ2) is 5.65. The van der Waals surface area contributed by atoms with E-state index in [4.69, 9.17) is 0 Å². The van der Waals surface area contributed by atoms with Crippen molar-refractivity contribution < 1.29 is 8.42 Å². The van der Waals surface area contributed by atoms with Crippen LogP contribution in [0.5, 0.6) is 0 Å². The van der Waals surface area contributed by atoms with E-state index in [1.807, 2.05) is 56.4 Å². The van der Waals surface area contributed by atoms with Crippen LogP contribution in [0.3, 0.4) is 0 Å². The van der Waals surface area contributed by atoms with Gasteiger partial charge in [-0.2, -0.15) is 0 Å². The SMILES string of the molecule is Cc1ccccc1CS(=O)(=O)Nc1ccc2c(c1)N(C)CC2. The summed E-state index contributed by atoms with van der Waals surface area (Å²) in [4.78, 5) is 2.15. The maximum Gasteiger partial charge on any atom is 0.236 e. The summed E-state index contributed by atoms with van der Waals surface area (Å²) in [7, 11) is -1.39. The van der Waals surface area contributed by atoms with Gasteiger partial charge in [-0.25, -0.2) is 8.42 Å². The van der Waals surface area contributed by atoms with Gasteiger partial charge < -0.3 is 4.90 Å². The van der Waals surface area contributed by atoms with Gasteiger partial charge in [0.1, 0.15) is 0 Å². The van der Waals surface area contributed by atoms with Gasteiger partial charge in [0.25, 0.3) is 0 Å². The number of anilines is 2. The van der Waals surface area contributed by atoms with E-state index in [0.29, 0.717) is 5.69 Å². The predicted octanol–water partition coefficient (Wildman–Crippen LogP) is 2.93. The minimum Gasteiger partial charge on any atom is -0.374 e. The van der Waals surface area contributed by atoms with Crippen molar-refractivity contribution in [2.24, 2.45) is 0 Å². The maximum atomic E-state index is 12.4. The largest absolute Gasteiger partial charge is 0.374 e. The van der Waals surface area contributed by atoms with Crippen LogP contribution >= 0.6 is 0 Å². The van der Waals surface area contributed by atoms with E-state index in [0.717, 1.165) is 29.8 Å². The number of benzene rings is 2. The molecule has 3 rings (SSSR count). The zero-order chi connectivity index (χ0) is 15.7. The molecule has 0 unspecified atom stereocenters. The van der Waals surface area contributed by atoms with E-state index in [1.54, 1.807) is 0 Å². The molecule has 0 aliphatic carbocycles. The van der Waals surface area contributed by atoms with Gasteiger partial charge in [0.15, 0.2) is 0 Å². The Kier molecular flexibility index (Phi) is 3.83. The number of nitrogens with zero attached hydrogens (tertiary/aromatic N) is 1. The number of likely N-dealkylation sites (N-methyl/N-ethyl adjacent to an activating group) is 1. The van der Waals surface area contributed by atoms with Crippen molar-refractivity contribution in [3.63, 3.8) is 0 Å². The molecule has 1 aliphatic rings. The molecule has 5 heteroatoms. The summed E-state index contributed by atoms with van der Waals surface area (Å²) in [5.74, 6) is -0.00734. The van der Waals surface area contributed by atoms with E-state index in [2.05, 4.69) is 9.62 Å². The molecule has 2 aromatic carbocycles. The highest BCUT2D eigenvalue weighted by Gasteiger charge is 2.18. The molecule has 0 spiro atoms. The Morgan fingerprint density at radius 1 is 1.18 bits per heavy atom. The first-order valence-electron chi connectivity index (χ1n) is 7.34. The van der Waals surface area contributed by atoms with Crippen LogP contribution in [0.2, 0.25) is 0 Å². The molecule has 0 amide bonds. The molecule has 1 heterocycles. The highest BCUT2D eigenvalue weighted by Crippen LogP contribution is 2.30. The van der Waals surface area contributed by atoms with E-state index >= 15 is 0 Å². The van der Waals surface area contributed by atoms with Gasteiger partial charge in [0, 0.05) is 19.3 Å². The van der Waals surface area contributed by atoms with Crippen molar-refractivity contribution in [2.45, 2.75) is 19.1 Å². The third-order valence-corrected chi connectivity index (χ3v) is 5.33. The number of nitrogens with one attached hydrogen (secondary N) is 1. The van der Waals surface area contributed by atoms with Gasteiger partial charge in [-0.1, -0.05) is 30.3 Å². The molecule has 1 aliphatic heterocycles. The Labute approximate surface area is 131 Å². The lowest BCUT2D eigenvalue weighted by molar-refractivity contribution is 0.600. The fourth-order valence-electron chi connectivity index (χ4n) is 2.80. The van der Waals surface area contributed by atoms with Crippen LogP contribution in [0.4, 0.5) is 11.4 Å². The molecule has 0 radical (unpaired) electrons. The molecule has 1 N–H and O–H groups in total. The molecule has 0 saturated carbocycles. The van der Waals surface area contributed by atoms with Crippen molar-refractivity contribution >= 4 is 21.4 Å². The van der Waals surface area contributed by atoms with E-state index < -0.39 is 10.0 Å². The molecule has 116 valence electrons. The molecule has 0 saturated heterocycles. The molecule has 0 atom stereocenters. The summed E-state index contributed by atoms with van der Waals surface area (Å²) in [6.45, 7) is 2.91. The zero-order valence-electron chi connectivity index (χ0n) is 12.8. The smallest absolute Gasteiger partial charge is 0.236 e. The third kappa shape index (κ3) is 3.09. The summed E-state index contributed by atoms with van der Waals surface area (Å²) in [5.41, 5.74) is 4.82. The topological polar surface area (TPSA) is 49.4 Å². The van der Waals surface area contributed by atoms with Crippen molar-refractivity contribution in [1.29, 1.82) is 0 Å². The van der Waals surface area contributed by atoms with E-state index in [9.17, 15) is 8.42 Å². The normalized spacial score (nSPS) is 14.0. The zero-order valence-corrected chi connectivity index (χ0v) is 13.7. The van der Waals surface area contributed by atoms with Gasteiger partial charge in [-0.15, -0.1) is 0 Å². The van der Waals surface area contributed by atoms with Gasteiger partial charge in [-0.05, 0) is 42.2 Å². The lowest BCUT2D eigenvalue weighted by Crippen LogP contribution is -2.16. The van der Waals surface area contributed by atoms with Crippen molar-refractivity contribution in [2.75, 3.05) is 23.2 Å². The van der Waals surface area contributed by atoms with Gasteiger partial charge in [-0.3, -0.25) is 4.72 Å². The van der Waals surface area contributed by atoms with Crippen LogP contribution in [0, 0.1) is 6.92 Å². The average molecular weight is 316 g/mol. The Morgan fingerprint density at radius 3 is 2.73 bits per heavy atom. The lowest BCUT2D eigenvalue weighted by atomic mass is 10.1. The fraction of sp³-hybridized carbons (Fsp3) is 0.294. The Hall–Kier alpha value is -2.01. The Bertz CT molecular complexity index is 800. The van der Waals surface area contributed by atoms with Gasteiger partial charge in [0.2, 0.25) is 10.0 Å². The number of sulfonamides is 1. The molecule has 2 aromatic rings. The molecular weight excluding hydrogens is 296 g/mol. The van der Waals surface area contributed by atoms with Gasteiger partial charge in [0.05, 0.1) is 11.4 Å². The highest BCUT2D eigenvalue weighted by molar-refractivity contribution is 7.91. The van der Waals surface area contributed by atoms with Crippen LogP contribution < -0.4 is 9.62 Å². The predicted molar refractivity (Wildman–Crippen MR) is 90.8 cm³/mol. The first-order valence-corrected chi connectivity index (χ1v) is 8.99. The van der Waals surface area contributed by atoms with Crippen LogP contribution in [0.25, 0.3) is 0 Å². The summed E-state index contributed by atoms with van der Waals surface area (Å²) in [6, 6.07) is 13.3. The molecule has 4 nitrogen and oxygen atoms in total. The van der Waals surface area contributed by atoms with Crippen LogP contribution in [-0.2, 0) is 22.2 Å². The fourth-order valence-corrected chi connectivity index (χ4v) is 4.09. The van der Waals surface area contributed by atoms with Crippen molar-refractivity contribution in [1.82, 2.24) is 0 Å². The highest BCUT2D eigenvalue weighted by atomic mass is 32.2. The minimum atomic E-state index is -3.41. The molecule has 0 fully saturated rings. The lowest BCUT2D eigenvalue weighted by Gasteiger charge is -2.14. The molecular formula is C17H20N2O2S. The van der Waals surface area contributed by atoms with Crippen LogP contribution in [0.1, 0.15) is 16.7 Å². The standard InChI is InChI=1S/C17H20N2O2S/c1-13-5-3-4-6-15(13)12-22(20,21)18-16-8-7-14-9-10-19(2)17(14)11-16/h3-8,11,18H,9-10,12H2,1-2H3. The Morgan fingerprint density at radius 2 is 1.95 bits per heavy atom. The average Bonchev–Trinajstić information content (AvgIpc) is 2.82. The number of fused-ring (bicyclic) bond motifs is 1. The Balaban J connectivity index is 1.80. The van der Waals surface area contributed by atoms with Crippen molar-refractivity contribution in [3.05, 3.63) is 59.2 Å². The van der Waals surface area contributed by atoms with Crippen LogP contribution in [-0.4, -0.2) is 22.0 Å². The number of hydrogen-bond donors (Lipinski definition) is 1. The summed E-state index contributed by atoms with van der Waals surface area (Å²) in [6.07, 6.45) is 1.02. The quantitative estimate of drug-likeness (QED) is 0.943. The molecule has 0 aromatic heterocycles. The second-order valence-corrected chi connectivity index (χ2v) is 7.52. The summed E-state index contributed by atoms with van der Waals surface area (Å²) in [5, 5.41) is 0. The maximum absolute atomic E-state index is 12.4. The first kappa shape index (κ1) is 14.9. The number of hydrogen-bond acceptors (Lipinski definition) is 3.